The van der Waals surface area contributed by atoms with Crippen LogP contribution >= 0.6 is 0 Å². The molecule has 142 valence electrons. The number of phenolic OH excluding ortho intramolecular Hbond substituents is 1. The Bertz CT molecular complexity index is 857. The van der Waals surface area contributed by atoms with E-state index in [0.29, 0.717) is 5.56 Å². The number of rotatable bonds is 7. The number of nitriles is 1. The fourth-order valence-corrected chi connectivity index (χ4v) is 2.44. The highest BCUT2D eigenvalue weighted by molar-refractivity contribution is 5.82. The van der Waals surface area contributed by atoms with E-state index >= 15 is 0 Å². The Kier molecular flexibility index (Phi) is 6.68. The molecule has 2 N–H and O–H groups in total. The SMILES string of the molecule is CCOC(C(=O)NCc1ccc(C#N)cc1O)c1c(F)cc(OC)cc1F. The first kappa shape index (κ1) is 20.1. The summed E-state index contributed by atoms with van der Waals surface area (Å²) < 4.78 is 38.6. The second-order valence-electron chi connectivity index (χ2n) is 5.51. The largest absolute Gasteiger partial charge is 0.508 e. The average Bonchev–Trinajstić information content (AvgIpc) is 2.65. The molecule has 0 fully saturated rings. The van der Waals surface area contributed by atoms with Gasteiger partial charge >= 0.3 is 0 Å². The lowest BCUT2D eigenvalue weighted by Crippen LogP contribution is -2.31. The minimum atomic E-state index is -1.51. The quantitative estimate of drug-likeness (QED) is 0.775. The molecule has 2 rings (SSSR count). The molecule has 1 atom stereocenters. The van der Waals surface area contributed by atoms with Crippen LogP contribution in [0.3, 0.4) is 0 Å². The summed E-state index contributed by atoms with van der Waals surface area (Å²) in [7, 11) is 1.27. The summed E-state index contributed by atoms with van der Waals surface area (Å²) in [5.74, 6) is -2.91. The van der Waals surface area contributed by atoms with E-state index in [2.05, 4.69) is 5.32 Å². The molecule has 27 heavy (non-hydrogen) atoms. The molecule has 0 saturated carbocycles. The molecule has 1 amide bonds. The molecular formula is C19H18F2N2O4. The Morgan fingerprint density at radius 2 is 1.96 bits per heavy atom. The lowest BCUT2D eigenvalue weighted by molar-refractivity contribution is -0.133. The monoisotopic (exact) mass is 376 g/mol. The third-order valence-electron chi connectivity index (χ3n) is 3.79. The van der Waals surface area contributed by atoms with Crippen LogP contribution in [0, 0.1) is 23.0 Å². The van der Waals surface area contributed by atoms with Gasteiger partial charge in [0.25, 0.3) is 5.91 Å². The van der Waals surface area contributed by atoms with E-state index in [4.69, 9.17) is 14.7 Å². The van der Waals surface area contributed by atoms with Crippen LogP contribution in [0.1, 0.15) is 29.7 Å². The average molecular weight is 376 g/mol. The van der Waals surface area contributed by atoms with Gasteiger partial charge in [-0.15, -0.1) is 0 Å². The predicted octanol–water partition coefficient (Wildman–Crippen LogP) is 2.94. The number of nitrogens with zero attached hydrogens (tertiary/aromatic N) is 1. The molecule has 1 unspecified atom stereocenters. The molecule has 0 bridgehead atoms. The van der Waals surface area contributed by atoms with Crippen molar-refractivity contribution in [3.05, 3.63) is 58.7 Å². The van der Waals surface area contributed by atoms with Crippen LogP contribution in [-0.4, -0.2) is 24.7 Å². The maximum absolute atomic E-state index is 14.3. The van der Waals surface area contributed by atoms with Crippen molar-refractivity contribution in [2.75, 3.05) is 13.7 Å². The van der Waals surface area contributed by atoms with Crippen molar-refractivity contribution >= 4 is 5.91 Å². The molecule has 2 aromatic rings. The number of aromatic hydroxyl groups is 1. The second kappa shape index (κ2) is 8.96. The first-order valence-electron chi connectivity index (χ1n) is 8.05. The smallest absolute Gasteiger partial charge is 0.254 e. The van der Waals surface area contributed by atoms with Crippen LogP contribution in [0.5, 0.6) is 11.5 Å². The lowest BCUT2D eigenvalue weighted by Gasteiger charge is -2.19. The molecule has 0 radical (unpaired) electrons. The third kappa shape index (κ3) is 4.71. The lowest BCUT2D eigenvalue weighted by atomic mass is 10.1. The van der Waals surface area contributed by atoms with Crippen LogP contribution < -0.4 is 10.1 Å². The molecule has 6 nitrogen and oxygen atoms in total. The Morgan fingerprint density at radius 3 is 2.48 bits per heavy atom. The number of benzene rings is 2. The van der Waals surface area contributed by atoms with E-state index in [1.54, 1.807) is 6.92 Å². The van der Waals surface area contributed by atoms with Crippen LogP contribution in [0.15, 0.2) is 30.3 Å². The summed E-state index contributed by atoms with van der Waals surface area (Å²) in [6.07, 6.45) is -1.51. The zero-order chi connectivity index (χ0) is 20.0. The maximum atomic E-state index is 14.3. The van der Waals surface area contributed by atoms with Crippen molar-refractivity contribution in [2.45, 2.75) is 19.6 Å². The van der Waals surface area contributed by atoms with Crippen LogP contribution in [0.4, 0.5) is 8.78 Å². The number of halogens is 2. The summed E-state index contributed by atoms with van der Waals surface area (Å²) in [5, 5.41) is 21.1. The number of phenols is 1. The summed E-state index contributed by atoms with van der Waals surface area (Å²) in [6.45, 7) is 1.52. The molecule has 0 spiro atoms. The Balaban J connectivity index is 2.22. The molecule has 0 heterocycles. The summed E-state index contributed by atoms with van der Waals surface area (Å²) in [5.41, 5.74) is 0.0737. The van der Waals surface area contributed by atoms with Gasteiger partial charge in [0.2, 0.25) is 0 Å². The molecule has 0 aromatic heterocycles. The van der Waals surface area contributed by atoms with E-state index in [0.717, 1.165) is 12.1 Å². The third-order valence-corrected chi connectivity index (χ3v) is 3.79. The highest BCUT2D eigenvalue weighted by Crippen LogP contribution is 2.28. The standard InChI is InChI=1S/C19H18F2N2O4/c1-3-27-18(17-14(20)7-13(26-2)8-15(17)21)19(25)23-10-12-5-4-11(9-22)6-16(12)24/h4-8,18,24H,3,10H2,1-2H3,(H,23,25). The molecule has 0 saturated heterocycles. The number of amides is 1. The fourth-order valence-electron chi connectivity index (χ4n) is 2.44. The van der Waals surface area contributed by atoms with Gasteiger partial charge in [-0.3, -0.25) is 4.79 Å². The molecule has 0 aliphatic carbocycles. The van der Waals surface area contributed by atoms with Gasteiger partial charge in [-0.05, 0) is 19.1 Å². The summed E-state index contributed by atoms with van der Waals surface area (Å²) >= 11 is 0. The van der Waals surface area contributed by atoms with Gasteiger partial charge < -0.3 is 19.9 Å². The first-order chi connectivity index (χ1) is 12.9. The minimum absolute atomic E-state index is 0.0214. The van der Waals surface area contributed by atoms with Gasteiger partial charge in [0.1, 0.15) is 23.1 Å². The van der Waals surface area contributed by atoms with Gasteiger partial charge in [-0.25, -0.2) is 8.78 Å². The molecule has 0 aliphatic heterocycles. The van der Waals surface area contributed by atoms with Crippen molar-refractivity contribution in [3.8, 4) is 17.6 Å². The number of methoxy groups -OCH3 is 1. The predicted molar refractivity (Wildman–Crippen MR) is 91.9 cm³/mol. The Hall–Kier alpha value is -3.18. The number of carbonyl (C=O) groups is 1. The summed E-state index contributed by atoms with van der Waals surface area (Å²) in [6, 6.07) is 8.00. The highest BCUT2D eigenvalue weighted by Gasteiger charge is 2.28. The zero-order valence-electron chi connectivity index (χ0n) is 14.8. The number of carbonyl (C=O) groups excluding carboxylic acids is 1. The molecule has 0 aliphatic rings. The minimum Gasteiger partial charge on any atom is -0.508 e. The van der Waals surface area contributed by atoms with Crippen LogP contribution in [0.2, 0.25) is 0 Å². The van der Waals surface area contributed by atoms with Crippen LogP contribution in [-0.2, 0) is 16.1 Å². The topological polar surface area (TPSA) is 91.6 Å². The van der Waals surface area contributed by atoms with Gasteiger partial charge in [-0.2, -0.15) is 5.26 Å². The molecule has 8 heteroatoms. The number of hydrogen-bond acceptors (Lipinski definition) is 5. The van der Waals surface area contributed by atoms with E-state index in [9.17, 15) is 18.7 Å². The number of hydrogen-bond donors (Lipinski definition) is 2. The van der Waals surface area contributed by atoms with Crippen molar-refractivity contribution in [2.24, 2.45) is 0 Å². The fraction of sp³-hybridized carbons (Fsp3) is 0.263. The van der Waals surface area contributed by atoms with E-state index in [1.165, 1.54) is 25.3 Å². The van der Waals surface area contributed by atoms with Crippen molar-refractivity contribution in [1.82, 2.24) is 5.32 Å². The van der Waals surface area contributed by atoms with Gasteiger partial charge in [0, 0.05) is 30.8 Å². The number of nitrogens with one attached hydrogen (secondary N) is 1. The Morgan fingerprint density at radius 1 is 1.30 bits per heavy atom. The summed E-state index contributed by atoms with van der Waals surface area (Å²) in [4.78, 5) is 12.5. The zero-order valence-corrected chi connectivity index (χ0v) is 14.8. The van der Waals surface area contributed by atoms with E-state index in [-0.39, 0.29) is 30.2 Å². The molecule has 2 aromatic carbocycles. The van der Waals surface area contributed by atoms with Crippen molar-refractivity contribution < 1.29 is 28.2 Å². The van der Waals surface area contributed by atoms with Gasteiger partial charge in [0.05, 0.1) is 24.3 Å². The van der Waals surface area contributed by atoms with Gasteiger partial charge in [-0.1, -0.05) is 6.07 Å². The van der Waals surface area contributed by atoms with Gasteiger partial charge in [0.15, 0.2) is 6.10 Å². The molecular weight excluding hydrogens is 358 g/mol. The first-order valence-corrected chi connectivity index (χ1v) is 8.05. The number of ether oxygens (including phenoxy) is 2. The van der Waals surface area contributed by atoms with E-state index < -0.39 is 29.2 Å². The highest BCUT2D eigenvalue weighted by atomic mass is 19.1. The van der Waals surface area contributed by atoms with Crippen LogP contribution in [0.25, 0.3) is 0 Å². The van der Waals surface area contributed by atoms with Crippen molar-refractivity contribution in [3.63, 3.8) is 0 Å². The second-order valence-corrected chi connectivity index (χ2v) is 5.51. The Labute approximate surface area is 154 Å². The maximum Gasteiger partial charge on any atom is 0.254 e. The van der Waals surface area contributed by atoms with Crippen molar-refractivity contribution in [1.29, 1.82) is 5.26 Å². The normalized spacial score (nSPS) is 11.5. The van der Waals surface area contributed by atoms with E-state index in [1.807, 2.05) is 6.07 Å².